The van der Waals surface area contributed by atoms with Crippen molar-refractivity contribution in [1.82, 2.24) is 5.32 Å². The minimum Gasteiger partial charge on any atom is -0.756 e. The molecule has 8 nitrogen and oxygen atoms in total. The number of quaternary nitrogens is 1. The number of aliphatic hydroxyl groups is 1. The van der Waals surface area contributed by atoms with Crippen molar-refractivity contribution in [3.63, 3.8) is 0 Å². The number of unbranched alkanes of at least 4 members (excludes halogenated alkanes) is 8. The molecule has 0 aromatic rings. The van der Waals surface area contributed by atoms with E-state index in [1.807, 2.05) is 34.1 Å². The molecule has 0 saturated carbocycles. The number of allylic oxidation sites excluding steroid dienone is 3. The van der Waals surface area contributed by atoms with E-state index in [2.05, 4.69) is 24.4 Å². The first-order valence-corrected chi connectivity index (χ1v) is 15.2. The zero-order valence-corrected chi connectivity index (χ0v) is 24.3. The topological polar surface area (TPSA) is 108 Å². The fourth-order valence-electron chi connectivity index (χ4n) is 3.31. The predicted octanol–water partition coefficient (Wildman–Crippen LogP) is 4.87. The lowest BCUT2D eigenvalue weighted by molar-refractivity contribution is -0.870. The highest BCUT2D eigenvalue weighted by Gasteiger charge is 2.23. The molecule has 36 heavy (non-hydrogen) atoms. The maximum absolute atomic E-state index is 12.5. The van der Waals surface area contributed by atoms with E-state index in [9.17, 15) is 19.4 Å². The average Bonchev–Trinajstić information content (AvgIpc) is 2.79. The standard InChI is InChI=1S/C27H53N2O6P/c1-6-8-10-11-12-13-14-15-16-17-19-21-27(31)28-25(26(30)20-18-9-7-2)24-35-36(32,33)34-23-22-29(3,4)5/h11-12,18,20,25-26,30H,6-10,13-17,19,21-24H2,1-5H3,(H-,28,31,32,33)/b12-11-,20-18+. The molecule has 3 atom stereocenters. The summed E-state index contributed by atoms with van der Waals surface area (Å²) in [4.78, 5) is 24.6. The molecule has 2 N–H and O–H groups in total. The summed E-state index contributed by atoms with van der Waals surface area (Å²) in [5.41, 5.74) is 0. The Morgan fingerprint density at radius 3 is 2.22 bits per heavy atom. The Labute approximate surface area is 220 Å². The van der Waals surface area contributed by atoms with E-state index >= 15 is 0 Å². The summed E-state index contributed by atoms with van der Waals surface area (Å²) in [6.07, 6.45) is 18.7. The molecule has 0 aliphatic heterocycles. The molecule has 3 unspecified atom stereocenters. The lowest BCUT2D eigenvalue weighted by Crippen LogP contribution is -2.45. The SMILES string of the molecule is CCC/C=C/C(O)C(COP(=O)([O-])OCC[N+](C)(C)C)NC(=O)CCCCCCC/C=C\CCCC. The molecule has 0 saturated heterocycles. The summed E-state index contributed by atoms with van der Waals surface area (Å²) in [6.45, 7) is 4.32. The zero-order chi connectivity index (χ0) is 27.3. The largest absolute Gasteiger partial charge is 0.756 e. The van der Waals surface area contributed by atoms with Gasteiger partial charge in [0.2, 0.25) is 5.91 Å². The molecule has 0 heterocycles. The van der Waals surface area contributed by atoms with E-state index in [1.165, 1.54) is 12.8 Å². The number of carbonyl (C=O) groups is 1. The Morgan fingerprint density at radius 1 is 0.944 bits per heavy atom. The average molecular weight is 533 g/mol. The third-order valence-electron chi connectivity index (χ3n) is 5.64. The first-order chi connectivity index (χ1) is 17.0. The zero-order valence-electron chi connectivity index (χ0n) is 23.5. The van der Waals surface area contributed by atoms with Crippen LogP contribution in [0.2, 0.25) is 0 Å². The summed E-state index contributed by atoms with van der Waals surface area (Å²) in [5.74, 6) is -0.225. The lowest BCUT2D eigenvalue weighted by atomic mass is 10.1. The van der Waals surface area contributed by atoms with E-state index in [0.29, 0.717) is 17.4 Å². The van der Waals surface area contributed by atoms with Gasteiger partial charge in [0.1, 0.15) is 13.2 Å². The Morgan fingerprint density at radius 2 is 1.58 bits per heavy atom. The molecule has 0 aromatic heterocycles. The van der Waals surface area contributed by atoms with Crippen molar-refractivity contribution in [2.24, 2.45) is 0 Å². The van der Waals surface area contributed by atoms with Crippen LogP contribution in [-0.4, -0.2) is 68.5 Å². The molecule has 0 fully saturated rings. The van der Waals surface area contributed by atoms with Crippen LogP contribution in [0, 0.1) is 0 Å². The Hall–Kier alpha value is -1.02. The first-order valence-electron chi connectivity index (χ1n) is 13.7. The number of phosphoric ester groups is 1. The lowest BCUT2D eigenvalue weighted by Gasteiger charge is -2.29. The van der Waals surface area contributed by atoms with E-state index < -0.39 is 20.0 Å². The molecular formula is C27H53N2O6P. The van der Waals surface area contributed by atoms with Gasteiger partial charge in [-0.25, -0.2) is 0 Å². The monoisotopic (exact) mass is 532 g/mol. The number of likely N-dealkylation sites (N-methyl/N-ethyl adjacent to an activating group) is 1. The molecule has 0 aromatic carbocycles. The Kier molecular flexibility index (Phi) is 20.4. The number of hydrogen-bond acceptors (Lipinski definition) is 6. The van der Waals surface area contributed by atoms with Gasteiger partial charge in [0.25, 0.3) is 7.82 Å². The molecule has 1 amide bonds. The van der Waals surface area contributed by atoms with Crippen LogP contribution in [-0.2, 0) is 18.4 Å². The van der Waals surface area contributed by atoms with E-state index in [0.717, 1.165) is 57.8 Å². The highest BCUT2D eigenvalue weighted by Crippen LogP contribution is 2.38. The molecule has 0 aliphatic carbocycles. The van der Waals surface area contributed by atoms with Crippen LogP contribution in [0.15, 0.2) is 24.3 Å². The van der Waals surface area contributed by atoms with Crippen LogP contribution in [0.1, 0.15) is 90.9 Å². The molecule has 0 spiro atoms. The number of phosphoric acid groups is 1. The smallest absolute Gasteiger partial charge is 0.268 e. The van der Waals surface area contributed by atoms with E-state index in [-0.39, 0.29) is 19.1 Å². The van der Waals surface area contributed by atoms with Crippen molar-refractivity contribution in [2.75, 3.05) is 40.9 Å². The Balaban J connectivity index is 4.48. The van der Waals surface area contributed by atoms with Gasteiger partial charge in [-0.3, -0.25) is 9.36 Å². The number of aliphatic hydroxyl groups excluding tert-OH is 1. The molecule has 0 aliphatic rings. The van der Waals surface area contributed by atoms with Crippen molar-refractivity contribution < 1.29 is 32.9 Å². The van der Waals surface area contributed by atoms with Crippen molar-refractivity contribution in [2.45, 2.75) is 103 Å². The van der Waals surface area contributed by atoms with E-state index in [4.69, 9.17) is 9.05 Å². The van der Waals surface area contributed by atoms with Gasteiger partial charge >= 0.3 is 0 Å². The highest BCUT2D eigenvalue weighted by molar-refractivity contribution is 7.45. The second-order valence-corrected chi connectivity index (χ2v) is 11.8. The van der Waals surface area contributed by atoms with Gasteiger partial charge in [0, 0.05) is 6.42 Å². The van der Waals surface area contributed by atoms with Gasteiger partial charge < -0.3 is 28.8 Å². The fraction of sp³-hybridized carbons (Fsp3) is 0.815. The van der Waals surface area contributed by atoms with E-state index in [1.54, 1.807) is 6.08 Å². The van der Waals surface area contributed by atoms with Crippen LogP contribution < -0.4 is 10.2 Å². The van der Waals surface area contributed by atoms with Crippen LogP contribution in [0.25, 0.3) is 0 Å². The van der Waals surface area contributed by atoms with Crippen molar-refractivity contribution in [3.8, 4) is 0 Å². The molecular weight excluding hydrogens is 479 g/mol. The third-order valence-corrected chi connectivity index (χ3v) is 6.60. The van der Waals surface area contributed by atoms with Gasteiger partial charge in [-0.2, -0.15) is 0 Å². The summed E-state index contributed by atoms with van der Waals surface area (Å²) in [7, 11) is 1.24. The number of nitrogens with one attached hydrogen (secondary N) is 1. The summed E-state index contributed by atoms with van der Waals surface area (Å²) in [5, 5.41) is 13.2. The summed E-state index contributed by atoms with van der Waals surface area (Å²) in [6, 6.07) is -0.880. The molecule has 0 rings (SSSR count). The van der Waals surface area contributed by atoms with Gasteiger partial charge in [-0.1, -0.05) is 76.7 Å². The Bertz CT molecular complexity index is 663. The molecule has 0 radical (unpaired) electrons. The number of carbonyl (C=O) groups excluding carboxylic acids is 1. The normalized spacial score (nSPS) is 15.9. The maximum Gasteiger partial charge on any atom is 0.268 e. The second kappa shape index (κ2) is 21.0. The van der Waals surface area contributed by atoms with Gasteiger partial charge in [-0.05, 0) is 32.1 Å². The molecule has 9 heteroatoms. The minimum absolute atomic E-state index is 0.00456. The van der Waals surface area contributed by atoms with Crippen LogP contribution in [0.4, 0.5) is 0 Å². The minimum atomic E-state index is -4.55. The van der Waals surface area contributed by atoms with Crippen LogP contribution >= 0.6 is 7.82 Å². The molecule has 0 bridgehead atoms. The van der Waals surface area contributed by atoms with Crippen LogP contribution in [0.3, 0.4) is 0 Å². The van der Waals surface area contributed by atoms with Crippen molar-refractivity contribution >= 4 is 13.7 Å². The summed E-state index contributed by atoms with van der Waals surface area (Å²) >= 11 is 0. The number of rotatable bonds is 23. The van der Waals surface area contributed by atoms with Crippen molar-refractivity contribution in [3.05, 3.63) is 24.3 Å². The predicted molar refractivity (Wildman–Crippen MR) is 145 cm³/mol. The maximum atomic E-state index is 12.5. The van der Waals surface area contributed by atoms with Gasteiger partial charge in [0.15, 0.2) is 0 Å². The second-order valence-electron chi connectivity index (χ2n) is 10.4. The molecule has 212 valence electrons. The number of nitrogens with zero attached hydrogens (tertiary/aromatic N) is 1. The highest BCUT2D eigenvalue weighted by atomic mass is 31.2. The summed E-state index contributed by atoms with van der Waals surface area (Å²) < 4.78 is 22.6. The van der Waals surface area contributed by atoms with Crippen molar-refractivity contribution in [1.29, 1.82) is 0 Å². The fourth-order valence-corrected chi connectivity index (χ4v) is 4.04. The third kappa shape index (κ3) is 22.2. The van der Waals surface area contributed by atoms with Gasteiger partial charge in [0.05, 0.1) is 39.9 Å². The quantitative estimate of drug-likeness (QED) is 0.0841. The van der Waals surface area contributed by atoms with Crippen LogP contribution in [0.5, 0.6) is 0 Å². The number of amides is 1. The first kappa shape index (κ1) is 35.0. The van der Waals surface area contributed by atoms with Gasteiger partial charge in [-0.15, -0.1) is 0 Å². The number of hydrogen-bond donors (Lipinski definition) is 2.